The topological polar surface area (TPSA) is 27.7 Å². The lowest BCUT2D eigenvalue weighted by Gasteiger charge is -2.35. The van der Waals surface area contributed by atoms with Gasteiger partial charge in [0.2, 0.25) is 0 Å². The van der Waals surface area contributed by atoms with Crippen LogP contribution in [0.2, 0.25) is 0 Å². The molecular formula is C9H15ClO3. The monoisotopic (exact) mass is 206 g/mol. The molecule has 3 unspecified atom stereocenters. The molecule has 0 saturated carbocycles. The molecule has 2 rings (SSSR count). The summed E-state index contributed by atoms with van der Waals surface area (Å²) in [6, 6.07) is 0. The lowest BCUT2D eigenvalue weighted by atomic mass is 10.0. The Kier molecular flexibility index (Phi) is 2.79. The van der Waals surface area contributed by atoms with Crippen LogP contribution in [0.5, 0.6) is 0 Å². The second-order valence-electron chi connectivity index (χ2n) is 3.75. The molecule has 3 atom stereocenters. The molecule has 2 aliphatic heterocycles. The van der Waals surface area contributed by atoms with Crippen LogP contribution in [-0.2, 0) is 14.2 Å². The summed E-state index contributed by atoms with van der Waals surface area (Å²) in [5.74, 6) is 0.119. The van der Waals surface area contributed by atoms with Crippen LogP contribution < -0.4 is 0 Å². The molecule has 0 bridgehead atoms. The zero-order valence-corrected chi connectivity index (χ0v) is 8.55. The minimum atomic E-state index is -0.392. The summed E-state index contributed by atoms with van der Waals surface area (Å²) in [5, 5.41) is 0. The van der Waals surface area contributed by atoms with Gasteiger partial charge in [-0.2, -0.15) is 0 Å². The molecule has 2 fully saturated rings. The summed E-state index contributed by atoms with van der Waals surface area (Å²) >= 11 is 5.71. The molecule has 0 amide bonds. The average Bonchev–Trinajstić information content (AvgIpc) is 2.48. The Morgan fingerprint density at radius 1 is 1.54 bits per heavy atom. The van der Waals surface area contributed by atoms with Crippen LogP contribution in [0.15, 0.2) is 0 Å². The van der Waals surface area contributed by atoms with Crippen molar-refractivity contribution in [2.45, 2.75) is 37.8 Å². The van der Waals surface area contributed by atoms with Crippen LogP contribution in [0, 0.1) is 0 Å². The van der Waals surface area contributed by atoms with E-state index < -0.39 is 5.79 Å². The molecule has 0 aromatic heterocycles. The van der Waals surface area contributed by atoms with E-state index in [2.05, 4.69) is 0 Å². The van der Waals surface area contributed by atoms with Gasteiger partial charge in [-0.05, 0) is 6.92 Å². The van der Waals surface area contributed by atoms with E-state index in [4.69, 9.17) is 25.8 Å². The van der Waals surface area contributed by atoms with Gasteiger partial charge in [0.15, 0.2) is 5.79 Å². The van der Waals surface area contributed by atoms with Crippen molar-refractivity contribution in [3.8, 4) is 0 Å². The Hall–Kier alpha value is 0.170. The van der Waals surface area contributed by atoms with E-state index in [1.165, 1.54) is 0 Å². The van der Waals surface area contributed by atoms with Crippen molar-refractivity contribution >= 4 is 11.6 Å². The van der Waals surface area contributed by atoms with Crippen LogP contribution >= 0.6 is 11.6 Å². The fraction of sp³-hybridized carbons (Fsp3) is 1.00. The van der Waals surface area contributed by atoms with Crippen molar-refractivity contribution in [2.75, 3.05) is 19.1 Å². The second kappa shape index (κ2) is 3.73. The first kappa shape index (κ1) is 9.71. The number of hydrogen-bond acceptors (Lipinski definition) is 3. The molecule has 0 radical (unpaired) electrons. The van der Waals surface area contributed by atoms with Gasteiger partial charge in [-0.15, -0.1) is 11.6 Å². The van der Waals surface area contributed by atoms with Gasteiger partial charge in [-0.1, -0.05) is 0 Å². The van der Waals surface area contributed by atoms with Crippen LogP contribution in [-0.4, -0.2) is 37.1 Å². The summed E-state index contributed by atoms with van der Waals surface area (Å²) in [6.07, 6.45) is 1.93. The Morgan fingerprint density at radius 2 is 2.38 bits per heavy atom. The standard InChI is InChI=1S/C9H15ClO3/c1-7-4-9(2-3-11-7)12-6-8(5-10)13-9/h7-8H,2-6H2,1H3. The van der Waals surface area contributed by atoms with Gasteiger partial charge in [0, 0.05) is 12.8 Å². The Morgan fingerprint density at radius 3 is 3.00 bits per heavy atom. The molecule has 0 N–H and O–H groups in total. The number of hydrogen-bond donors (Lipinski definition) is 0. The van der Waals surface area contributed by atoms with Gasteiger partial charge in [0.05, 0.1) is 31.3 Å². The number of ether oxygens (including phenoxy) is 3. The molecule has 1 spiro atoms. The van der Waals surface area contributed by atoms with Crippen LogP contribution in [0.1, 0.15) is 19.8 Å². The van der Waals surface area contributed by atoms with Crippen LogP contribution in [0.25, 0.3) is 0 Å². The van der Waals surface area contributed by atoms with E-state index in [0.717, 1.165) is 19.4 Å². The molecule has 2 aliphatic rings. The number of rotatable bonds is 1. The molecule has 4 heteroatoms. The third kappa shape index (κ3) is 1.99. The maximum absolute atomic E-state index is 5.78. The Labute approximate surface area is 83.3 Å². The third-order valence-corrected chi connectivity index (χ3v) is 2.91. The van der Waals surface area contributed by atoms with E-state index in [0.29, 0.717) is 12.5 Å². The summed E-state index contributed by atoms with van der Waals surface area (Å²) in [7, 11) is 0. The van der Waals surface area contributed by atoms with Gasteiger partial charge >= 0.3 is 0 Å². The molecule has 0 aromatic carbocycles. The van der Waals surface area contributed by atoms with E-state index in [9.17, 15) is 0 Å². The van der Waals surface area contributed by atoms with Crippen molar-refractivity contribution in [3.63, 3.8) is 0 Å². The maximum atomic E-state index is 5.78. The van der Waals surface area contributed by atoms with Gasteiger partial charge in [-0.25, -0.2) is 0 Å². The highest BCUT2D eigenvalue weighted by molar-refractivity contribution is 6.18. The van der Waals surface area contributed by atoms with E-state index in [-0.39, 0.29) is 12.2 Å². The summed E-state index contributed by atoms with van der Waals surface area (Å²) < 4.78 is 16.9. The summed E-state index contributed by atoms with van der Waals surface area (Å²) in [4.78, 5) is 0. The molecule has 0 aliphatic carbocycles. The van der Waals surface area contributed by atoms with E-state index in [1.54, 1.807) is 0 Å². The minimum absolute atomic E-state index is 0.0620. The highest BCUT2D eigenvalue weighted by Crippen LogP contribution is 2.35. The van der Waals surface area contributed by atoms with Crippen LogP contribution in [0.3, 0.4) is 0 Å². The molecule has 13 heavy (non-hydrogen) atoms. The largest absolute Gasteiger partial charge is 0.378 e. The quantitative estimate of drug-likeness (QED) is 0.610. The molecule has 0 aromatic rings. The zero-order valence-electron chi connectivity index (χ0n) is 7.79. The molecule has 2 heterocycles. The van der Waals surface area contributed by atoms with Gasteiger partial charge in [0.1, 0.15) is 0 Å². The molecular weight excluding hydrogens is 192 g/mol. The van der Waals surface area contributed by atoms with Crippen molar-refractivity contribution in [3.05, 3.63) is 0 Å². The maximum Gasteiger partial charge on any atom is 0.173 e. The summed E-state index contributed by atoms with van der Waals surface area (Å²) in [6.45, 7) is 3.38. The zero-order chi connectivity index (χ0) is 9.31. The first-order chi connectivity index (χ1) is 6.24. The molecule has 2 saturated heterocycles. The first-order valence-electron chi connectivity index (χ1n) is 4.73. The van der Waals surface area contributed by atoms with Gasteiger partial charge in [0.25, 0.3) is 0 Å². The lowest BCUT2D eigenvalue weighted by Crippen LogP contribution is -2.41. The molecule has 3 nitrogen and oxygen atoms in total. The van der Waals surface area contributed by atoms with Crippen molar-refractivity contribution in [2.24, 2.45) is 0 Å². The number of alkyl halides is 1. The predicted octanol–water partition coefficient (Wildman–Crippen LogP) is 1.54. The summed E-state index contributed by atoms with van der Waals surface area (Å²) in [5.41, 5.74) is 0. The second-order valence-corrected chi connectivity index (χ2v) is 4.06. The minimum Gasteiger partial charge on any atom is -0.378 e. The lowest BCUT2D eigenvalue weighted by molar-refractivity contribution is -0.224. The third-order valence-electron chi connectivity index (χ3n) is 2.57. The highest BCUT2D eigenvalue weighted by Gasteiger charge is 2.44. The normalized spacial score (nSPS) is 45.7. The fourth-order valence-electron chi connectivity index (χ4n) is 1.95. The Balaban J connectivity index is 1.97. The smallest absolute Gasteiger partial charge is 0.173 e. The van der Waals surface area contributed by atoms with E-state index >= 15 is 0 Å². The highest BCUT2D eigenvalue weighted by atomic mass is 35.5. The predicted molar refractivity (Wildman–Crippen MR) is 48.9 cm³/mol. The molecule has 76 valence electrons. The van der Waals surface area contributed by atoms with Gasteiger partial charge < -0.3 is 14.2 Å². The van der Waals surface area contributed by atoms with Gasteiger partial charge in [-0.3, -0.25) is 0 Å². The Bertz CT molecular complexity index is 188. The fourth-order valence-corrected chi connectivity index (χ4v) is 2.10. The van der Waals surface area contributed by atoms with Crippen molar-refractivity contribution in [1.82, 2.24) is 0 Å². The van der Waals surface area contributed by atoms with Crippen LogP contribution in [0.4, 0.5) is 0 Å². The van der Waals surface area contributed by atoms with Crippen molar-refractivity contribution in [1.29, 1.82) is 0 Å². The average molecular weight is 207 g/mol. The SMILES string of the molecule is CC1CC2(CCO1)OCC(CCl)O2. The van der Waals surface area contributed by atoms with Crippen molar-refractivity contribution < 1.29 is 14.2 Å². The first-order valence-corrected chi connectivity index (χ1v) is 5.27. The van der Waals surface area contributed by atoms with E-state index in [1.807, 2.05) is 6.92 Å². The number of halogens is 1.